The van der Waals surface area contributed by atoms with Gasteiger partial charge in [0.1, 0.15) is 0 Å². The summed E-state index contributed by atoms with van der Waals surface area (Å²) in [4.78, 5) is 0. The molecule has 0 N–H and O–H groups in total. The summed E-state index contributed by atoms with van der Waals surface area (Å²) in [6.45, 7) is 18.7. The molecule has 0 bridgehead atoms. The van der Waals surface area contributed by atoms with E-state index in [2.05, 4.69) is 128 Å². The maximum atomic E-state index is 2.53. The van der Waals surface area contributed by atoms with Gasteiger partial charge in [0.05, 0.1) is 0 Å². The average molecular weight is 455 g/mol. The van der Waals surface area contributed by atoms with Gasteiger partial charge in [-0.25, -0.2) is 0 Å². The van der Waals surface area contributed by atoms with Crippen LogP contribution in [0.3, 0.4) is 0 Å². The quantitative estimate of drug-likeness (QED) is 0.286. The first-order valence-electron chi connectivity index (χ1n) is 13.4. The molecule has 0 nitrogen and oxygen atoms in total. The van der Waals surface area contributed by atoms with Crippen molar-refractivity contribution in [1.29, 1.82) is 0 Å². The molecule has 0 saturated heterocycles. The molecule has 3 aromatic rings. The predicted octanol–water partition coefficient (Wildman–Crippen LogP) is 9.79. The van der Waals surface area contributed by atoms with Crippen LogP contribution in [0.2, 0.25) is 0 Å². The Morgan fingerprint density at radius 1 is 0.559 bits per heavy atom. The van der Waals surface area contributed by atoms with E-state index in [1.54, 1.807) is 0 Å². The lowest BCUT2D eigenvalue weighted by Crippen LogP contribution is -2.29. The van der Waals surface area contributed by atoms with Gasteiger partial charge < -0.3 is 0 Å². The Kier molecular flexibility index (Phi) is 8.45. The summed E-state index contributed by atoms with van der Waals surface area (Å²) in [5, 5.41) is 0. The van der Waals surface area contributed by atoms with Crippen LogP contribution in [0, 0.1) is 25.7 Å². The molecule has 0 spiro atoms. The second-order valence-electron chi connectivity index (χ2n) is 11.4. The average Bonchev–Trinajstić information content (AvgIpc) is 2.84. The summed E-state index contributed by atoms with van der Waals surface area (Å²) in [6.07, 6.45) is 4.72. The zero-order valence-electron chi connectivity index (χ0n) is 22.9. The number of rotatable bonds is 10. The van der Waals surface area contributed by atoms with Crippen molar-refractivity contribution >= 4 is 0 Å². The fraction of sp³-hybridized carbons (Fsp3) is 0.471. The van der Waals surface area contributed by atoms with E-state index < -0.39 is 0 Å². The van der Waals surface area contributed by atoms with Crippen LogP contribution in [0.25, 0.3) is 0 Å². The molecule has 0 fully saturated rings. The third kappa shape index (κ3) is 5.65. The summed E-state index contributed by atoms with van der Waals surface area (Å²) in [6, 6.07) is 28.1. The molecule has 4 unspecified atom stereocenters. The van der Waals surface area contributed by atoms with Gasteiger partial charge in [-0.3, -0.25) is 0 Å². The van der Waals surface area contributed by atoms with Crippen molar-refractivity contribution in [3.8, 4) is 0 Å². The highest BCUT2D eigenvalue weighted by Crippen LogP contribution is 2.43. The van der Waals surface area contributed by atoms with Gasteiger partial charge >= 0.3 is 0 Å². The Balaban J connectivity index is 2.16. The van der Waals surface area contributed by atoms with Crippen LogP contribution in [0.4, 0.5) is 0 Å². The Labute approximate surface area is 209 Å². The lowest BCUT2D eigenvalue weighted by Gasteiger charge is -2.37. The predicted molar refractivity (Wildman–Crippen MR) is 150 cm³/mol. The zero-order valence-corrected chi connectivity index (χ0v) is 22.9. The van der Waals surface area contributed by atoms with Crippen molar-refractivity contribution in [3.63, 3.8) is 0 Å². The fourth-order valence-electron chi connectivity index (χ4n) is 5.54. The number of benzene rings is 3. The van der Waals surface area contributed by atoms with Crippen LogP contribution in [-0.4, -0.2) is 0 Å². The molecule has 0 aromatic heterocycles. The smallest absolute Gasteiger partial charge is 0.0177 e. The molecule has 3 aromatic carbocycles. The Hall–Kier alpha value is -2.34. The summed E-state index contributed by atoms with van der Waals surface area (Å²) < 4.78 is 0. The van der Waals surface area contributed by atoms with Gasteiger partial charge in [-0.15, -0.1) is 0 Å². The highest BCUT2D eigenvalue weighted by atomic mass is 14.4. The van der Waals surface area contributed by atoms with Crippen molar-refractivity contribution in [1.82, 2.24) is 0 Å². The van der Waals surface area contributed by atoms with Crippen LogP contribution < -0.4 is 0 Å². The van der Waals surface area contributed by atoms with Crippen molar-refractivity contribution in [2.75, 3.05) is 0 Å². The van der Waals surface area contributed by atoms with Gasteiger partial charge in [-0.05, 0) is 60.8 Å². The Morgan fingerprint density at radius 2 is 0.912 bits per heavy atom. The minimum absolute atomic E-state index is 0.0102. The van der Waals surface area contributed by atoms with Crippen LogP contribution >= 0.6 is 0 Å². The number of hydrogen-bond donors (Lipinski definition) is 0. The molecular weight excluding hydrogens is 408 g/mol. The van der Waals surface area contributed by atoms with E-state index in [1.807, 2.05) is 0 Å². The zero-order chi connectivity index (χ0) is 24.9. The van der Waals surface area contributed by atoms with Crippen molar-refractivity contribution in [3.05, 3.63) is 106 Å². The molecule has 0 heterocycles. The molecule has 0 heteroatoms. The molecule has 182 valence electrons. The topological polar surface area (TPSA) is 0 Å². The lowest BCUT2D eigenvalue weighted by atomic mass is 9.66. The molecule has 34 heavy (non-hydrogen) atoms. The highest BCUT2D eigenvalue weighted by molar-refractivity contribution is 5.46. The van der Waals surface area contributed by atoms with Crippen LogP contribution in [0.15, 0.2) is 72.8 Å². The SMILES string of the molecule is CCC(C)CC(C)(c1ccc(C)cc1)c1cccc(C(C)(CC(C)CC)c2ccc(C)cc2)c1. The van der Waals surface area contributed by atoms with E-state index in [1.165, 1.54) is 46.2 Å². The second kappa shape index (κ2) is 10.9. The van der Waals surface area contributed by atoms with E-state index in [0.717, 1.165) is 12.8 Å². The monoisotopic (exact) mass is 454 g/mol. The second-order valence-corrected chi connectivity index (χ2v) is 11.4. The molecule has 4 atom stereocenters. The molecule has 0 aliphatic carbocycles. The molecule has 0 saturated carbocycles. The maximum Gasteiger partial charge on any atom is 0.0177 e. The third-order valence-corrected chi connectivity index (χ3v) is 8.42. The van der Waals surface area contributed by atoms with Crippen molar-refractivity contribution < 1.29 is 0 Å². The van der Waals surface area contributed by atoms with E-state index in [0.29, 0.717) is 11.8 Å². The summed E-state index contributed by atoms with van der Waals surface area (Å²) >= 11 is 0. The van der Waals surface area contributed by atoms with Crippen LogP contribution in [0.5, 0.6) is 0 Å². The standard InChI is InChI=1S/C34H46/c1-9-25(3)23-33(7,29-18-14-27(5)15-19-29)31-12-11-13-32(22-31)34(8,24-26(4)10-2)30-20-16-28(6)17-21-30/h11-22,25-26H,9-10,23-24H2,1-8H3. The molecule has 0 aliphatic rings. The normalized spacial score (nSPS) is 16.9. The first-order chi connectivity index (χ1) is 16.1. The van der Waals surface area contributed by atoms with Crippen molar-refractivity contribution in [2.24, 2.45) is 11.8 Å². The largest absolute Gasteiger partial charge is 0.0651 e. The fourth-order valence-corrected chi connectivity index (χ4v) is 5.54. The Bertz CT molecular complexity index is 959. The molecular formula is C34H46. The minimum Gasteiger partial charge on any atom is -0.0651 e. The Morgan fingerprint density at radius 3 is 1.24 bits per heavy atom. The maximum absolute atomic E-state index is 2.53. The van der Waals surface area contributed by atoms with Crippen LogP contribution in [-0.2, 0) is 10.8 Å². The van der Waals surface area contributed by atoms with Gasteiger partial charge in [0.25, 0.3) is 0 Å². The summed E-state index contributed by atoms with van der Waals surface area (Å²) in [5.74, 6) is 1.33. The first-order valence-corrected chi connectivity index (χ1v) is 13.4. The summed E-state index contributed by atoms with van der Waals surface area (Å²) in [7, 11) is 0. The molecule has 0 radical (unpaired) electrons. The molecule has 0 amide bonds. The highest BCUT2D eigenvalue weighted by Gasteiger charge is 2.34. The van der Waals surface area contributed by atoms with Gasteiger partial charge in [-0.1, -0.05) is 138 Å². The lowest BCUT2D eigenvalue weighted by molar-refractivity contribution is 0.387. The number of aryl methyl sites for hydroxylation is 2. The summed E-state index contributed by atoms with van der Waals surface area (Å²) in [5.41, 5.74) is 8.36. The molecule has 3 rings (SSSR count). The van der Waals surface area contributed by atoms with Gasteiger partial charge in [-0.2, -0.15) is 0 Å². The van der Waals surface area contributed by atoms with E-state index in [9.17, 15) is 0 Å². The minimum atomic E-state index is -0.0102. The first kappa shape index (κ1) is 26.3. The number of hydrogen-bond acceptors (Lipinski definition) is 0. The van der Waals surface area contributed by atoms with E-state index >= 15 is 0 Å². The van der Waals surface area contributed by atoms with Crippen molar-refractivity contribution in [2.45, 2.75) is 91.9 Å². The van der Waals surface area contributed by atoms with Gasteiger partial charge in [0.2, 0.25) is 0 Å². The van der Waals surface area contributed by atoms with Crippen LogP contribution in [0.1, 0.15) is 101 Å². The molecule has 0 aliphatic heterocycles. The van der Waals surface area contributed by atoms with Gasteiger partial charge in [0.15, 0.2) is 0 Å². The third-order valence-electron chi connectivity index (χ3n) is 8.42. The van der Waals surface area contributed by atoms with E-state index in [4.69, 9.17) is 0 Å². The van der Waals surface area contributed by atoms with E-state index in [-0.39, 0.29) is 10.8 Å². The van der Waals surface area contributed by atoms with Gasteiger partial charge in [0, 0.05) is 10.8 Å².